The van der Waals surface area contributed by atoms with Gasteiger partial charge in [0, 0.05) is 6.08 Å². The Hall–Kier alpha value is -1.34. The molecule has 0 aromatic heterocycles. The topological polar surface area (TPSA) is 84.9 Å². The Morgan fingerprint density at radius 2 is 1.64 bits per heavy atom. The first-order valence-electron chi connectivity index (χ1n) is 7.21. The predicted molar refractivity (Wildman–Crippen MR) is 88.2 cm³/mol. The van der Waals surface area contributed by atoms with Crippen LogP contribution in [-0.2, 0) is 14.0 Å². The molecule has 22 heavy (non-hydrogen) atoms. The molecule has 0 spiro atoms. The Bertz CT molecular complexity index is 444. The van der Waals surface area contributed by atoms with Crippen molar-refractivity contribution in [1.29, 1.82) is 0 Å². The van der Waals surface area contributed by atoms with E-state index in [-0.39, 0.29) is 17.3 Å². The van der Waals surface area contributed by atoms with Crippen LogP contribution >= 0.6 is 0 Å². The lowest BCUT2D eigenvalue weighted by Gasteiger charge is -2.36. The molecule has 0 rings (SSSR count). The van der Waals surface area contributed by atoms with E-state index in [0.717, 1.165) is 6.08 Å². The van der Waals surface area contributed by atoms with Gasteiger partial charge in [-0.1, -0.05) is 20.8 Å². The van der Waals surface area contributed by atoms with Gasteiger partial charge in [-0.2, -0.15) is 0 Å². The van der Waals surface area contributed by atoms with Crippen LogP contribution in [0.4, 0.5) is 4.79 Å². The molecule has 6 nitrogen and oxygen atoms in total. The molecule has 0 radical (unpaired) electrons. The molecule has 0 atom stereocenters. The minimum Gasteiger partial charge on any atom is -0.478 e. The Balaban J connectivity index is 4.90. The van der Waals surface area contributed by atoms with E-state index < -0.39 is 26.0 Å². The van der Waals surface area contributed by atoms with Crippen LogP contribution in [-0.4, -0.2) is 37.7 Å². The maximum Gasteiger partial charge on any atom is 0.411 e. The molecular weight excluding hydrogens is 302 g/mol. The van der Waals surface area contributed by atoms with Gasteiger partial charge in [-0.05, 0) is 38.9 Å². The third-order valence-corrected chi connectivity index (χ3v) is 7.83. The Morgan fingerprint density at radius 3 is 2.00 bits per heavy atom. The second-order valence-electron chi connectivity index (χ2n) is 7.68. The van der Waals surface area contributed by atoms with Gasteiger partial charge in [-0.25, -0.2) is 9.59 Å². The normalized spacial score (nSPS) is 13.7. The third-order valence-electron chi connectivity index (χ3n) is 3.35. The van der Waals surface area contributed by atoms with E-state index in [1.54, 1.807) is 20.8 Å². The zero-order chi connectivity index (χ0) is 17.8. The summed E-state index contributed by atoms with van der Waals surface area (Å²) in [6.07, 6.45) is 0.232. The molecule has 0 aliphatic carbocycles. The van der Waals surface area contributed by atoms with Gasteiger partial charge in [0.15, 0.2) is 8.32 Å². The number of alkyl carbamates (subject to hydrolysis) is 1. The summed E-state index contributed by atoms with van der Waals surface area (Å²) in [5.74, 6) is -1.15. The van der Waals surface area contributed by atoms with Crippen LogP contribution in [0, 0.1) is 0 Å². The molecule has 0 unspecified atom stereocenters. The fourth-order valence-corrected chi connectivity index (χ4v) is 2.12. The number of carbonyl (C=O) groups excluding carboxylic acids is 1. The van der Waals surface area contributed by atoms with Gasteiger partial charge in [0.25, 0.3) is 0 Å². The lowest BCUT2D eigenvalue weighted by Crippen LogP contribution is -2.42. The van der Waals surface area contributed by atoms with E-state index >= 15 is 0 Å². The maximum atomic E-state index is 11.8. The van der Waals surface area contributed by atoms with Crippen molar-refractivity contribution in [3.05, 3.63) is 11.8 Å². The summed E-state index contributed by atoms with van der Waals surface area (Å²) in [7, 11) is -2.04. The van der Waals surface area contributed by atoms with Gasteiger partial charge < -0.3 is 14.3 Å². The molecule has 0 saturated carbocycles. The summed E-state index contributed by atoms with van der Waals surface area (Å²) in [4.78, 5) is 22.6. The van der Waals surface area contributed by atoms with E-state index in [1.807, 2.05) is 0 Å². The van der Waals surface area contributed by atoms with E-state index in [4.69, 9.17) is 14.3 Å². The average Bonchev–Trinajstić information content (AvgIpc) is 2.20. The van der Waals surface area contributed by atoms with Crippen LogP contribution in [0.2, 0.25) is 18.1 Å². The molecule has 0 saturated heterocycles. The monoisotopic (exact) mass is 331 g/mol. The first-order valence-corrected chi connectivity index (χ1v) is 10.1. The Morgan fingerprint density at radius 1 is 1.14 bits per heavy atom. The van der Waals surface area contributed by atoms with Crippen LogP contribution in [0.15, 0.2) is 11.8 Å². The Labute approximate surface area is 134 Å². The highest BCUT2D eigenvalue weighted by Crippen LogP contribution is 2.36. The van der Waals surface area contributed by atoms with Crippen molar-refractivity contribution < 1.29 is 23.9 Å². The van der Waals surface area contributed by atoms with Gasteiger partial charge in [-0.15, -0.1) is 0 Å². The van der Waals surface area contributed by atoms with E-state index in [0.29, 0.717) is 0 Å². The molecule has 0 aliphatic heterocycles. The number of aliphatic carboxylic acids is 1. The highest BCUT2D eigenvalue weighted by Gasteiger charge is 2.37. The number of amides is 1. The molecular formula is C15H29NO5Si. The van der Waals surface area contributed by atoms with Gasteiger partial charge >= 0.3 is 12.1 Å². The van der Waals surface area contributed by atoms with Gasteiger partial charge in [-0.3, -0.25) is 5.32 Å². The summed E-state index contributed by atoms with van der Waals surface area (Å²) < 4.78 is 11.0. The first-order chi connectivity index (χ1) is 9.64. The number of hydrogen-bond donors (Lipinski definition) is 2. The molecule has 0 aliphatic rings. The molecule has 128 valence electrons. The second kappa shape index (κ2) is 7.28. The van der Waals surface area contributed by atoms with Crippen molar-refractivity contribution in [3.63, 3.8) is 0 Å². The van der Waals surface area contributed by atoms with Crippen LogP contribution in [0.5, 0.6) is 0 Å². The molecule has 0 heterocycles. The third kappa shape index (κ3) is 8.19. The zero-order valence-electron chi connectivity index (χ0n) is 14.9. The zero-order valence-corrected chi connectivity index (χ0v) is 15.9. The highest BCUT2D eigenvalue weighted by atomic mass is 28.4. The quantitative estimate of drug-likeness (QED) is 0.595. The lowest BCUT2D eigenvalue weighted by atomic mass is 10.2. The standard InChI is InChI=1S/C15H29NO5Si/c1-14(2,3)21-13(19)16-11(9-12(17)18)10-20-22(7,8)15(4,5)6/h9H,10H2,1-8H3,(H,16,19)(H,17,18)/b11-9+. The largest absolute Gasteiger partial charge is 0.478 e. The number of nitrogens with one attached hydrogen (secondary N) is 1. The minimum atomic E-state index is -2.04. The molecule has 0 aromatic rings. The maximum absolute atomic E-state index is 11.8. The Kier molecular flexibility index (Phi) is 6.84. The second-order valence-corrected chi connectivity index (χ2v) is 12.5. The van der Waals surface area contributed by atoms with Crippen LogP contribution in [0.3, 0.4) is 0 Å². The number of hydrogen-bond acceptors (Lipinski definition) is 4. The fourth-order valence-electron chi connectivity index (χ4n) is 1.17. The first kappa shape index (κ1) is 20.7. The highest BCUT2D eigenvalue weighted by molar-refractivity contribution is 6.74. The molecule has 0 bridgehead atoms. The molecule has 1 amide bonds. The van der Waals surface area contributed by atoms with E-state index in [2.05, 4.69) is 39.2 Å². The smallest absolute Gasteiger partial charge is 0.411 e. The number of ether oxygens (including phenoxy) is 1. The fraction of sp³-hybridized carbons (Fsp3) is 0.733. The lowest BCUT2D eigenvalue weighted by molar-refractivity contribution is -0.131. The number of carbonyl (C=O) groups is 2. The van der Waals surface area contributed by atoms with Crippen LogP contribution in [0.1, 0.15) is 41.5 Å². The molecule has 2 N–H and O–H groups in total. The predicted octanol–water partition coefficient (Wildman–Crippen LogP) is 3.50. The van der Waals surface area contributed by atoms with E-state index in [9.17, 15) is 9.59 Å². The molecule has 0 fully saturated rings. The summed E-state index contributed by atoms with van der Waals surface area (Å²) in [6.45, 7) is 15.6. The summed E-state index contributed by atoms with van der Waals surface area (Å²) in [5.41, 5.74) is -0.481. The van der Waals surface area contributed by atoms with Crippen molar-refractivity contribution >= 4 is 20.4 Å². The average molecular weight is 331 g/mol. The SMILES string of the molecule is CC(C)(C)OC(=O)N/C(=C/C(=O)O)CO[Si](C)(C)C(C)(C)C. The number of rotatable bonds is 5. The molecule has 0 aromatic carbocycles. The van der Waals surface area contributed by atoms with Gasteiger partial charge in [0.1, 0.15) is 5.60 Å². The molecule has 7 heteroatoms. The summed E-state index contributed by atoms with van der Waals surface area (Å²) in [5, 5.41) is 11.3. The minimum absolute atomic E-state index is 0.00669. The van der Waals surface area contributed by atoms with Crippen LogP contribution < -0.4 is 5.32 Å². The van der Waals surface area contributed by atoms with E-state index in [1.165, 1.54) is 0 Å². The summed E-state index contributed by atoms with van der Waals surface area (Å²) >= 11 is 0. The van der Waals surface area contributed by atoms with Crippen molar-refractivity contribution in [3.8, 4) is 0 Å². The number of carboxylic acid groups (broad SMARTS) is 1. The number of carboxylic acids is 1. The van der Waals surface area contributed by atoms with Crippen molar-refractivity contribution in [2.24, 2.45) is 0 Å². The van der Waals surface area contributed by atoms with Crippen molar-refractivity contribution in [2.45, 2.75) is 65.3 Å². The van der Waals surface area contributed by atoms with Gasteiger partial charge in [0.05, 0.1) is 12.3 Å². The summed E-state index contributed by atoms with van der Waals surface area (Å²) in [6, 6.07) is 0. The van der Waals surface area contributed by atoms with Gasteiger partial charge in [0.2, 0.25) is 0 Å². The van der Waals surface area contributed by atoms with Crippen LogP contribution in [0.25, 0.3) is 0 Å². The van der Waals surface area contributed by atoms with Crippen molar-refractivity contribution in [1.82, 2.24) is 5.32 Å². The van der Waals surface area contributed by atoms with Crippen molar-refractivity contribution in [2.75, 3.05) is 6.61 Å².